The van der Waals surface area contributed by atoms with Crippen LogP contribution in [0.2, 0.25) is 5.02 Å². The number of aryl methyl sites for hydroxylation is 1. The smallest absolute Gasteiger partial charge is 0.132 e. The maximum Gasteiger partial charge on any atom is 0.132 e. The number of nitrogens with two attached hydrogens (primary N) is 1. The molecule has 88 valence electrons. The molecular weight excluding hydrogens is 234 g/mol. The zero-order valence-corrected chi connectivity index (χ0v) is 10.4. The third-order valence-electron chi connectivity index (χ3n) is 2.64. The first kappa shape index (κ1) is 11.7. The largest absolute Gasteiger partial charge is 0.383 e. The van der Waals surface area contributed by atoms with Crippen molar-refractivity contribution >= 4 is 17.4 Å². The molecule has 2 N–H and O–H groups in total. The number of anilines is 1. The van der Waals surface area contributed by atoms with Crippen molar-refractivity contribution in [1.29, 1.82) is 0 Å². The predicted molar refractivity (Wildman–Crippen MR) is 72.0 cm³/mol. The minimum Gasteiger partial charge on any atom is -0.383 e. The molecule has 0 aliphatic rings. The van der Waals surface area contributed by atoms with E-state index in [2.05, 4.69) is 11.6 Å². The number of hydrogen-bond acceptors (Lipinski definition) is 2. The molecule has 17 heavy (non-hydrogen) atoms. The number of allylic oxidation sites excluding steroid dienone is 1. The molecule has 0 spiro atoms. The molecular formula is C13H14ClN3. The van der Waals surface area contributed by atoms with Crippen LogP contribution >= 0.6 is 11.6 Å². The highest BCUT2D eigenvalue weighted by atomic mass is 35.5. The Morgan fingerprint density at radius 1 is 1.47 bits per heavy atom. The Morgan fingerprint density at radius 2 is 2.18 bits per heavy atom. The highest BCUT2D eigenvalue weighted by Crippen LogP contribution is 2.31. The quantitative estimate of drug-likeness (QED) is 0.846. The third kappa shape index (κ3) is 2.06. The summed E-state index contributed by atoms with van der Waals surface area (Å²) in [5, 5.41) is 0.655. The van der Waals surface area contributed by atoms with Gasteiger partial charge >= 0.3 is 0 Å². The van der Waals surface area contributed by atoms with E-state index in [9.17, 15) is 0 Å². The molecule has 0 saturated heterocycles. The van der Waals surface area contributed by atoms with E-state index in [1.165, 1.54) is 0 Å². The number of halogens is 1. The van der Waals surface area contributed by atoms with Gasteiger partial charge in [0.2, 0.25) is 0 Å². The molecule has 1 heterocycles. The number of nitrogens with zero attached hydrogens (tertiary/aromatic N) is 2. The maximum absolute atomic E-state index is 6.14. The van der Waals surface area contributed by atoms with E-state index < -0.39 is 0 Å². The third-order valence-corrected chi connectivity index (χ3v) is 2.97. The van der Waals surface area contributed by atoms with Gasteiger partial charge in [-0.25, -0.2) is 4.98 Å². The average molecular weight is 248 g/mol. The molecule has 3 nitrogen and oxygen atoms in total. The molecule has 1 aromatic carbocycles. The number of aromatic nitrogens is 2. The maximum atomic E-state index is 6.14. The summed E-state index contributed by atoms with van der Waals surface area (Å²) in [4.78, 5) is 4.47. The second-order valence-corrected chi connectivity index (χ2v) is 4.18. The standard InChI is InChI=1S/C13H14ClN3/c1-3-8-17-9(2)16-12(13(17)15)10-6-4-5-7-11(10)14/h3-7H,1,8,15H2,2H3. The van der Waals surface area contributed by atoms with Crippen LogP contribution in [0.25, 0.3) is 11.3 Å². The molecule has 0 aliphatic heterocycles. The fourth-order valence-corrected chi connectivity index (χ4v) is 2.02. The van der Waals surface area contributed by atoms with E-state index in [1.54, 1.807) is 6.08 Å². The van der Waals surface area contributed by atoms with E-state index in [1.807, 2.05) is 35.8 Å². The summed E-state index contributed by atoms with van der Waals surface area (Å²) in [6.07, 6.45) is 1.79. The average Bonchev–Trinajstić information content (AvgIpc) is 2.58. The Hall–Kier alpha value is -1.74. The zero-order chi connectivity index (χ0) is 12.4. The Balaban J connectivity index is 2.58. The van der Waals surface area contributed by atoms with Crippen LogP contribution in [-0.4, -0.2) is 9.55 Å². The normalized spacial score (nSPS) is 10.5. The van der Waals surface area contributed by atoms with Gasteiger partial charge in [-0.2, -0.15) is 0 Å². The number of rotatable bonds is 3. The van der Waals surface area contributed by atoms with Crippen LogP contribution in [0.5, 0.6) is 0 Å². The Kier molecular flexibility index (Phi) is 3.20. The molecule has 0 amide bonds. The van der Waals surface area contributed by atoms with Crippen LogP contribution in [0.15, 0.2) is 36.9 Å². The molecule has 4 heteroatoms. The summed E-state index contributed by atoms with van der Waals surface area (Å²) in [6, 6.07) is 7.55. The molecule has 0 unspecified atom stereocenters. The first-order chi connectivity index (χ1) is 8.15. The Morgan fingerprint density at radius 3 is 2.82 bits per heavy atom. The Bertz CT molecular complexity index is 558. The fourth-order valence-electron chi connectivity index (χ4n) is 1.79. The van der Waals surface area contributed by atoms with Gasteiger partial charge in [-0.15, -0.1) is 6.58 Å². The molecule has 0 saturated carbocycles. The lowest BCUT2D eigenvalue weighted by Gasteiger charge is -2.04. The van der Waals surface area contributed by atoms with Crippen LogP contribution in [-0.2, 0) is 6.54 Å². The number of benzene rings is 1. The van der Waals surface area contributed by atoms with Gasteiger partial charge in [-0.05, 0) is 13.0 Å². The lowest BCUT2D eigenvalue weighted by molar-refractivity contribution is 0.792. The molecule has 0 bridgehead atoms. The monoisotopic (exact) mass is 247 g/mol. The van der Waals surface area contributed by atoms with Crippen molar-refractivity contribution in [3.63, 3.8) is 0 Å². The SMILES string of the molecule is C=CCn1c(C)nc(-c2ccccc2Cl)c1N. The van der Waals surface area contributed by atoms with Crippen molar-refractivity contribution in [1.82, 2.24) is 9.55 Å². The minimum absolute atomic E-state index is 0.621. The summed E-state index contributed by atoms with van der Waals surface area (Å²) < 4.78 is 1.91. The molecule has 1 aromatic heterocycles. The lowest BCUT2D eigenvalue weighted by atomic mass is 10.1. The van der Waals surface area contributed by atoms with E-state index in [4.69, 9.17) is 17.3 Å². The first-order valence-corrected chi connectivity index (χ1v) is 5.71. The van der Waals surface area contributed by atoms with E-state index in [0.717, 1.165) is 17.1 Å². The first-order valence-electron chi connectivity index (χ1n) is 5.33. The van der Waals surface area contributed by atoms with Gasteiger partial charge in [0, 0.05) is 12.1 Å². The topological polar surface area (TPSA) is 43.8 Å². The summed E-state index contributed by atoms with van der Waals surface area (Å²) in [5.41, 5.74) is 7.68. The molecule has 0 aliphatic carbocycles. The van der Waals surface area contributed by atoms with Gasteiger partial charge in [0.1, 0.15) is 17.3 Å². The van der Waals surface area contributed by atoms with Gasteiger partial charge in [0.25, 0.3) is 0 Å². The Labute approximate surface area is 106 Å². The highest BCUT2D eigenvalue weighted by molar-refractivity contribution is 6.33. The van der Waals surface area contributed by atoms with Gasteiger partial charge in [-0.1, -0.05) is 35.9 Å². The fraction of sp³-hybridized carbons (Fsp3) is 0.154. The highest BCUT2D eigenvalue weighted by Gasteiger charge is 2.14. The summed E-state index contributed by atoms with van der Waals surface area (Å²) in [6.45, 7) is 6.27. The van der Waals surface area contributed by atoms with Crippen molar-refractivity contribution in [3.05, 3.63) is 47.8 Å². The molecule has 0 fully saturated rings. The summed E-state index contributed by atoms with van der Waals surface area (Å²) in [5.74, 6) is 1.48. The van der Waals surface area contributed by atoms with Crippen LogP contribution in [0, 0.1) is 6.92 Å². The molecule has 0 atom stereocenters. The second-order valence-electron chi connectivity index (χ2n) is 3.77. The van der Waals surface area contributed by atoms with Crippen molar-refractivity contribution in [2.24, 2.45) is 0 Å². The predicted octanol–water partition coefficient (Wildman–Crippen LogP) is 3.28. The van der Waals surface area contributed by atoms with Gasteiger partial charge in [0.15, 0.2) is 0 Å². The zero-order valence-electron chi connectivity index (χ0n) is 9.65. The second kappa shape index (κ2) is 4.63. The lowest BCUT2D eigenvalue weighted by Crippen LogP contribution is -2.03. The van der Waals surface area contributed by atoms with E-state index in [0.29, 0.717) is 17.4 Å². The van der Waals surface area contributed by atoms with E-state index in [-0.39, 0.29) is 0 Å². The van der Waals surface area contributed by atoms with Crippen LogP contribution in [0.1, 0.15) is 5.82 Å². The number of hydrogen-bond donors (Lipinski definition) is 1. The number of imidazole rings is 1. The van der Waals surface area contributed by atoms with E-state index >= 15 is 0 Å². The van der Waals surface area contributed by atoms with Crippen LogP contribution in [0.3, 0.4) is 0 Å². The van der Waals surface area contributed by atoms with Crippen molar-refractivity contribution in [3.8, 4) is 11.3 Å². The van der Waals surface area contributed by atoms with Gasteiger partial charge in [0.05, 0.1) is 5.02 Å². The van der Waals surface area contributed by atoms with Crippen molar-refractivity contribution in [2.75, 3.05) is 5.73 Å². The number of nitrogen functional groups attached to an aromatic ring is 1. The molecule has 2 aromatic rings. The summed E-state index contributed by atoms with van der Waals surface area (Å²) in [7, 11) is 0. The minimum atomic E-state index is 0.621. The molecule has 0 radical (unpaired) electrons. The van der Waals surface area contributed by atoms with Crippen molar-refractivity contribution in [2.45, 2.75) is 13.5 Å². The molecule has 2 rings (SSSR count). The van der Waals surface area contributed by atoms with Gasteiger partial charge < -0.3 is 10.3 Å². The van der Waals surface area contributed by atoms with Crippen molar-refractivity contribution < 1.29 is 0 Å². The summed E-state index contributed by atoms with van der Waals surface area (Å²) >= 11 is 6.14. The van der Waals surface area contributed by atoms with Crippen LogP contribution < -0.4 is 5.73 Å². The van der Waals surface area contributed by atoms with Gasteiger partial charge in [-0.3, -0.25) is 0 Å². The van der Waals surface area contributed by atoms with Crippen LogP contribution in [0.4, 0.5) is 5.82 Å².